The molecule has 0 aromatic heterocycles. The minimum atomic E-state index is 0. The van der Waals surface area contributed by atoms with Gasteiger partial charge in [-0.2, -0.15) is 0 Å². The Morgan fingerprint density at radius 1 is 0.500 bits per heavy atom. The topological polar surface area (TPSA) is 0 Å². The van der Waals surface area contributed by atoms with Gasteiger partial charge in [-0.1, -0.05) is 0 Å². The predicted molar refractivity (Wildman–Crippen MR) is 56.3 cm³/mol. The molecule has 0 aliphatic carbocycles. The van der Waals surface area contributed by atoms with Crippen LogP contribution in [-0.2, 0) is 0 Å². The Morgan fingerprint density at radius 3 is 0.500 bits per heavy atom. The van der Waals surface area contributed by atoms with Crippen LogP contribution in [0.3, 0.4) is 0 Å². The molecular formula is C10H24Li2Nd2-6. The van der Waals surface area contributed by atoms with E-state index in [1.807, 2.05) is 0 Å². The fourth-order valence-corrected chi connectivity index (χ4v) is 0. The average Bonchev–Trinajstić information content (AvgIpc) is 1.39. The first-order valence-electron chi connectivity index (χ1n) is 2.00. The minimum Gasteiger partial charge on any atom is -0.372 e. The third kappa shape index (κ3) is 232. The smallest absolute Gasteiger partial charge is 0.372 e. The molecule has 0 fully saturated rings. The minimum absolute atomic E-state index is 0. The van der Waals surface area contributed by atoms with Gasteiger partial charge in [0.1, 0.15) is 0 Å². The normalized spacial score (nSPS) is 2.57. The number of rotatable bonds is 0. The maximum atomic E-state index is 3.38. The van der Waals surface area contributed by atoms with Crippen LogP contribution in [0.25, 0.3) is 0 Å². The fraction of sp³-hybridized carbons (Fsp3) is 0.200. The molecule has 0 radical (unpaired) electrons. The van der Waals surface area contributed by atoms with Crippen molar-refractivity contribution in [3.8, 4) is 0 Å². The summed E-state index contributed by atoms with van der Waals surface area (Å²) in [4.78, 5) is 0. The summed E-state index contributed by atoms with van der Waals surface area (Å²) < 4.78 is 0. The molecule has 0 aromatic carbocycles. The molecule has 14 heavy (non-hydrogen) atoms. The van der Waals surface area contributed by atoms with Gasteiger partial charge in [-0.15, -0.1) is 0 Å². The van der Waals surface area contributed by atoms with Crippen LogP contribution < -0.4 is 37.7 Å². The van der Waals surface area contributed by atoms with Crippen molar-refractivity contribution in [2.75, 3.05) is 0 Å². The fourth-order valence-electron chi connectivity index (χ4n) is 0. The molecule has 0 heterocycles. The predicted octanol–water partition coefficient (Wildman–Crippen LogP) is -2.10. The van der Waals surface area contributed by atoms with E-state index in [1.165, 1.54) is 0 Å². The van der Waals surface area contributed by atoms with Crippen LogP contribution in [-0.4, -0.2) is 0 Å². The molecule has 0 saturated heterocycles. The van der Waals surface area contributed by atoms with Crippen molar-refractivity contribution < 1.29 is 119 Å². The first-order valence-corrected chi connectivity index (χ1v) is 2.00. The van der Waals surface area contributed by atoms with Crippen molar-refractivity contribution in [3.05, 3.63) is 57.4 Å². The van der Waals surface area contributed by atoms with Crippen LogP contribution in [0.5, 0.6) is 0 Å². The molecule has 0 saturated carbocycles. The molecule has 0 N–H and O–H groups in total. The van der Waals surface area contributed by atoms with E-state index in [1.54, 1.807) is 0 Å². The Balaban J connectivity index is -0.00000000182. The zero-order chi connectivity index (χ0) is 5.41. The first kappa shape index (κ1) is 81.9. The van der Waals surface area contributed by atoms with Gasteiger partial charge in [0.15, 0.2) is 0 Å². The Bertz CT molecular complexity index is 18.1. The van der Waals surface area contributed by atoms with Gasteiger partial charge in [0.2, 0.25) is 0 Å². The summed E-state index contributed by atoms with van der Waals surface area (Å²) in [5, 5.41) is 0. The molecule has 4 heteroatoms. The molecule has 0 nitrogen and oxygen atoms in total. The van der Waals surface area contributed by atoms with E-state index in [2.05, 4.69) is 27.7 Å². The van der Waals surface area contributed by atoms with Gasteiger partial charge in [-0.3, -0.25) is 0 Å². The van der Waals surface area contributed by atoms with Crippen molar-refractivity contribution >= 4 is 0 Å². The van der Waals surface area contributed by atoms with E-state index in [4.69, 9.17) is 0 Å². The van der Waals surface area contributed by atoms with E-state index in [0.717, 1.165) is 12.8 Å². The summed E-state index contributed by atoms with van der Waals surface area (Å²) in [6.07, 6.45) is 1.50. The summed E-state index contributed by atoms with van der Waals surface area (Å²) in [6, 6.07) is 0. The summed E-state index contributed by atoms with van der Waals surface area (Å²) >= 11 is 0. The summed E-state index contributed by atoms with van der Waals surface area (Å²) in [5.74, 6) is 0. The van der Waals surface area contributed by atoms with Crippen LogP contribution in [0.4, 0.5) is 0 Å². The van der Waals surface area contributed by atoms with Crippen molar-refractivity contribution in [1.82, 2.24) is 0 Å². The van der Waals surface area contributed by atoms with Gasteiger partial charge in [0.25, 0.3) is 0 Å². The van der Waals surface area contributed by atoms with E-state index >= 15 is 0 Å². The molecule has 80 valence electrons. The summed E-state index contributed by atoms with van der Waals surface area (Å²) in [7, 11) is 0. The second-order valence-corrected chi connectivity index (χ2v) is 0.707. The molecule has 0 aromatic rings. The third-order valence-corrected chi connectivity index (χ3v) is 0. The van der Waals surface area contributed by atoms with Crippen molar-refractivity contribution in [3.63, 3.8) is 0 Å². The summed E-state index contributed by atoms with van der Waals surface area (Å²) in [6.45, 7) is 13.5. The Labute approximate surface area is 186 Å². The van der Waals surface area contributed by atoms with Crippen molar-refractivity contribution in [2.24, 2.45) is 0 Å². The van der Waals surface area contributed by atoms with Crippen LogP contribution in [0.2, 0.25) is 0 Å². The number of hydrogen-bond donors (Lipinski definition) is 0. The molecule has 0 unspecified atom stereocenters. The maximum Gasteiger partial charge on any atom is 1.00 e. The van der Waals surface area contributed by atoms with Crippen LogP contribution in [0.15, 0.2) is 0 Å². The van der Waals surface area contributed by atoms with Gasteiger partial charge in [-0.05, 0) is 0 Å². The molecule has 0 amide bonds. The zero-order valence-corrected chi connectivity index (χ0v) is 17.7. The molecular weight excluding hydrogens is 422 g/mol. The third-order valence-electron chi connectivity index (χ3n) is 0. The van der Waals surface area contributed by atoms with Crippen LogP contribution in [0, 0.1) is 139 Å². The average molecular weight is 447 g/mol. The van der Waals surface area contributed by atoms with Crippen molar-refractivity contribution in [1.29, 1.82) is 0 Å². The monoisotopic (exact) mass is 442 g/mol. The van der Waals surface area contributed by atoms with E-state index in [9.17, 15) is 0 Å². The first-order chi connectivity index (χ1) is 2.83. The van der Waals surface area contributed by atoms with Crippen LogP contribution in [0.1, 0.15) is 12.8 Å². The van der Waals surface area contributed by atoms with Gasteiger partial charge in [0.05, 0.1) is 0 Å². The Hall–Kier alpha value is 3.90. The van der Waals surface area contributed by atoms with Crippen molar-refractivity contribution in [2.45, 2.75) is 12.8 Å². The van der Waals surface area contributed by atoms with Gasteiger partial charge < -0.3 is 70.2 Å². The Morgan fingerprint density at radius 2 is 0.500 bits per heavy atom. The number of hydrogen-bond acceptors (Lipinski definition) is 0. The second kappa shape index (κ2) is 123. The van der Waals surface area contributed by atoms with E-state index < -0.39 is 0 Å². The zero-order valence-electron chi connectivity index (χ0n) is 11.2. The van der Waals surface area contributed by atoms with Gasteiger partial charge in [0, 0.05) is 81.7 Å². The molecule has 0 spiro atoms. The second-order valence-electron chi connectivity index (χ2n) is 0.707. The van der Waals surface area contributed by atoms with Gasteiger partial charge >= 0.3 is 37.7 Å². The molecule has 0 aliphatic heterocycles. The molecule has 0 atom stereocenters. The van der Waals surface area contributed by atoms with E-state index in [0.29, 0.717) is 0 Å². The molecule has 0 rings (SSSR count). The largest absolute Gasteiger partial charge is 1.00 e. The van der Waals surface area contributed by atoms with Crippen LogP contribution >= 0.6 is 0 Å². The Kier molecular flexibility index (Phi) is 719. The quantitative estimate of drug-likeness (QED) is 0.296. The van der Waals surface area contributed by atoms with Gasteiger partial charge in [-0.25, -0.2) is 0 Å². The standard InChI is InChI=1S/2C3H6.4CH3.2Li.2Nd/c2*1-3-2;;;;;;;;/h2*1-3H2;4*1H3;;;;/q2*-2;4*-1;2*+1;;. The SMILES string of the molecule is [CH2-]C[CH2-].[CH2-]C[CH2-].[CH3-].[CH3-].[CH3-].[CH3-].[Li+].[Li+].[Nd].[Nd]. The summed E-state index contributed by atoms with van der Waals surface area (Å²) in [5.41, 5.74) is 0. The maximum absolute atomic E-state index is 3.38. The molecule has 0 bridgehead atoms. The van der Waals surface area contributed by atoms with E-state index in [-0.39, 0.29) is 149 Å². The molecule has 0 aliphatic rings.